The van der Waals surface area contributed by atoms with Crippen LogP contribution in [0.4, 0.5) is 18.9 Å². The molecule has 0 N–H and O–H groups in total. The molecule has 1 amide bonds. The minimum absolute atomic E-state index is 0.0368. The number of hydrogen-bond donors (Lipinski definition) is 0. The zero-order valence-corrected chi connectivity index (χ0v) is 12.1. The summed E-state index contributed by atoms with van der Waals surface area (Å²) in [4.78, 5) is 14.0. The molecule has 22 heavy (non-hydrogen) atoms. The molecule has 0 saturated heterocycles. The van der Waals surface area contributed by atoms with E-state index in [-0.39, 0.29) is 17.5 Å². The van der Waals surface area contributed by atoms with Gasteiger partial charge in [0.15, 0.2) is 0 Å². The van der Waals surface area contributed by atoms with Crippen molar-refractivity contribution in [2.75, 3.05) is 11.4 Å². The van der Waals surface area contributed by atoms with E-state index in [1.54, 1.807) is 16.9 Å². The van der Waals surface area contributed by atoms with E-state index in [1.807, 2.05) is 6.92 Å². The molecule has 0 spiro atoms. The third kappa shape index (κ3) is 2.26. The third-order valence-corrected chi connectivity index (χ3v) is 3.83. The van der Waals surface area contributed by atoms with Crippen molar-refractivity contribution in [3.8, 4) is 0 Å². The van der Waals surface area contributed by atoms with Gasteiger partial charge in [-0.1, -0.05) is 0 Å². The molecule has 1 aromatic heterocycles. The number of halogens is 3. The predicted molar refractivity (Wildman–Crippen MR) is 74.8 cm³/mol. The van der Waals surface area contributed by atoms with Gasteiger partial charge in [0.2, 0.25) is 0 Å². The fraction of sp³-hybridized carbons (Fsp3) is 0.333. The lowest BCUT2D eigenvalue weighted by Crippen LogP contribution is -2.42. The maximum atomic E-state index is 12.8. The van der Waals surface area contributed by atoms with Crippen molar-refractivity contribution in [1.82, 2.24) is 9.78 Å². The summed E-state index contributed by atoms with van der Waals surface area (Å²) < 4.78 is 40.1. The smallest absolute Gasteiger partial charge is 0.305 e. The highest BCUT2D eigenvalue weighted by atomic mass is 19.4. The minimum Gasteiger partial charge on any atom is -0.305 e. The Labute approximate surface area is 125 Å². The fourth-order valence-corrected chi connectivity index (χ4v) is 2.75. The molecule has 1 atom stereocenters. The number of amides is 1. The van der Waals surface area contributed by atoms with Gasteiger partial charge in [-0.2, -0.15) is 18.3 Å². The van der Waals surface area contributed by atoms with Crippen LogP contribution in [0.5, 0.6) is 0 Å². The zero-order valence-electron chi connectivity index (χ0n) is 12.1. The average Bonchev–Trinajstić information content (AvgIpc) is 2.91. The normalized spacial score (nSPS) is 18.5. The average molecular weight is 309 g/mol. The van der Waals surface area contributed by atoms with Crippen molar-refractivity contribution in [2.24, 2.45) is 0 Å². The number of aryl methyl sites for hydroxylation is 1. The molecule has 0 fully saturated rings. The number of alkyl halides is 3. The second-order valence-corrected chi connectivity index (χ2v) is 5.42. The Morgan fingerprint density at radius 1 is 1.27 bits per heavy atom. The van der Waals surface area contributed by atoms with Crippen LogP contribution in [0.25, 0.3) is 0 Å². The van der Waals surface area contributed by atoms with Crippen molar-refractivity contribution in [3.63, 3.8) is 0 Å². The molecule has 3 rings (SSSR count). The quantitative estimate of drug-likeness (QED) is 0.809. The first-order valence-corrected chi connectivity index (χ1v) is 6.82. The van der Waals surface area contributed by atoms with E-state index in [9.17, 15) is 18.0 Å². The summed E-state index contributed by atoms with van der Waals surface area (Å²) >= 11 is 0. The summed E-state index contributed by atoms with van der Waals surface area (Å²) in [5.41, 5.74) is 0.328. The zero-order chi connectivity index (χ0) is 16.1. The Morgan fingerprint density at radius 3 is 2.64 bits per heavy atom. The molecule has 0 aliphatic carbocycles. The van der Waals surface area contributed by atoms with Crippen LogP contribution in [0, 0.1) is 6.92 Å². The van der Waals surface area contributed by atoms with Crippen LogP contribution >= 0.6 is 0 Å². The molecule has 116 valence electrons. The van der Waals surface area contributed by atoms with E-state index >= 15 is 0 Å². The molecule has 0 radical (unpaired) electrons. The number of aromatic nitrogens is 2. The van der Waals surface area contributed by atoms with E-state index in [2.05, 4.69) is 5.10 Å². The van der Waals surface area contributed by atoms with Gasteiger partial charge in [0.05, 0.1) is 11.6 Å². The van der Waals surface area contributed by atoms with Crippen LogP contribution in [0.15, 0.2) is 30.5 Å². The van der Waals surface area contributed by atoms with Gasteiger partial charge in [-0.05, 0) is 43.7 Å². The SMILES string of the molecule is Cc1cc(N2CC(C)n3nccc3C2=O)ccc1C(F)(F)F. The lowest BCUT2D eigenvalue weighted by molar-refractivity contribution is -0.138. The molecule has 0 bridgehead atoms. The highest BCUT2D eigenvalue weighted by molar-refractivity contribution is 6.05. The number of nitrogens with zero attached hydrogens (tertiary/aromatic N) is 3. The molecule has 7 heteroatoms. The molecule has 2 aromatic rings. The van der Waals surface area contributed by atoms with E-state index < -0.39 is 11.7 Å². The summed E-state index contributed by atoms with van der Waals surface area (Å²) in [6.07, 6.45) is -2.84. The highest BCUT2D eigenvalue weighted by Gasteiger charge is 2.34. The molecule has 2 heterocycles. The molecule has 1 unspecified atom stereocenters. The second-order valence-electron chi connectivity index (χ2n) is 5.42. The van der Waals surface area contributed by atoms with E-state index in [0.717, 1.165) is 6.07 Å². The second kappa shape index (κ2) is 4.86. The van der Waals surface area contributed by atoms with Crippen LogP contribution in [0.2, 0.25) is 0 Å². The predicted octanol–water partition coefficient (Wildman–Crippen LogP) is 3.43. The summed E-state index contributed by atoms with van der Waals surface area (Å²) in [6.45, 7) is 3.68. The Morgan fingerprint density at radius 2 is 2.00 bits per heavy atom. The number of fused-ring (bicyclic) bond motifs is 1. The number of carbonyl (C=O) groups excluding carboxylic acids is 1. The van der Waals surface area contributed by atoms with Gasteiger partial charge < -0.3 is 4.90 Å². The summed E-state index contributed by atoms with van der Waals surface area (Å²) in [6, 6.07) is 5.34. The van der Waals surface area contributed by atoms with E-state index in [1.165, 1.54) is 24.0 Å². The lowest BCUT2D eigenvalue weighted by atomic mass is 10.1. The summed E-state index contributed by atoms with van der Waals surface area (Å²) in [5.74, 6) is -0.255. The number of rotatable bonds is 1. The Bertz CT molecular complexity index is 736. The van der Waals surface area contributed by atoms with Crippen LogP contribution in [0.1, 0.15) is 34.6 Å². The molecule has 4 nitrogen and oxygen atoms in total. The van der Waals surface area contributed by atoms with Gasteiger partial charge >= 0.3 is 6.18 Å². The molecular weight excluding hydrogens is 295 g/mol. The van der Waals surface area contributed by atoms with Crippen LogP contribution in [-0.2, 0) is 6.18 Å². The van der Waals surface area contributed by atoms with Gasteiger partial charge in [-0.15, -0.1) is 0 Å². The molecule has 0 saturated carbocycles. The molecular formula is C15H14F3N3O. The minimum atomic E-state index is -4.39. The van der Waals surface area contributed by atoms with Gasteiger partial charge in [-0.3, -0.25) is 9.48 Å². The van der Waals surface area contributed by atoms with Gasteiger partial charge in [0, 0.05) is 18.4 Å². The fourth-order valence-electron chi connectivity index (χ4n) is 2.75. The Hall–Kier alpha value is -2.31. The van der Waals surface area contributed by atoms with Gasteiger partial charge in [-0.25, -0.2) is 0 Å². The molecule has 1 aromatic carbocycles. The first kappa shape index (κ1) is 14.6. The standard InChI is InChI=1S/C15H14F3N3O/c1-9-7-11(3-4-12(9)15(16,17)18)20-8-10(2)21-13(14(20)22)5-6-19-21/h3-7,10H,8H2,1-2H3. The monoisotopic (exact) mass is 309 g/mol. The van der Waals surface area contributed by atoms with E-state index in [0.29, 0.717) is 17.9 Å². The van der Waals surface area contributed by atoms with Crippen molar-refractivity contribution in [1.29, 1.82) is 0 Å². The summed E-state index contributed by atoms with van der Waals surface area (Å²) in [7, 11) is 0. The van der Waals surface area contributed by atoms with Crippen molar-refractivity contribution in [2.45, 2.75) is 26.1 Å². The lowest BCUT2D eigenvalue weighted by Gasteiger charge is -2.32. The van der Waals surface area contributed by atoms with Crippen LogP contribution in [-0.4, -0.2) is 22.2 Å². The summed E-state index contributed by atoms with van der Waals surface area (Å²) in [5, 5.41) is 4.10. The number of benzene rings is 1. The number of carbonyl (C=O) groups is 1. The van der Waals surface area contributed by atoms with E-state index in [4.69, 9.17) is 0 Å². The Kier molecular flexibility index (Phi) is 3.23. The maximum absolute atomic E-state index is 12.8. The van der Waals surface area contributed by atoms with Crippen molar-refractivity contribution >= 4 is 11.6 Å². The van der Waals surface area contributed by atoms with Crippen molar-refractivity contribution < 1.29 is 18.0 Å². The topological polar surface area (TPSA) is 38.1 Å². The highest BCUT2D eigenvalue weighted by Crippen LogP contribution is 2.34. The maximum Gasteiger partial charge on any atom is 0.416 e. The largest absolute Gasteiger partial charge is 0.416 e. The van der Waals surface area contributed by atoms with Gasteiger partial charge in [0.1, 0.15) is 5.69 Å². The third-order valence-electron chi connectivity index (χ3n) is 3.83. The van der Waals surface area contributed by atoms with Crippen LogP contribution in [0.3, 0.4) is 0 Å². The number of anilines is 1. The first-order chi connectivity index (χ1) is 10.3. The van der Waals surface area contributed by atoms with Gasteiger partial charge in [0.25, 0.3) is 5.91 Å². The van der Waals surface area contributed by atoms with Crippen LogP contribution < -0.4 is 4.90 Å². The first-order valence-electron chi connectivity index (χ1n) is 6.82. The van der Waals surface area contributed by atoms with Crippen molar-refractivity contribution in [3.05, 3.63) is 47.3 Å². The number of hydrogen-bond acceptors (Lipinski definition) is 2. The molecule has 1 aliphatic rings. The Balaban J connectivity index is 1.99. The molecule has 1 aliphatic heterocycles.